The zero-order chi connectivity index (χ0) is 23.9. The number of aromatic nitrogens is 2. The molecule has 1 aromatic heterocycles. The smallest absolute Gasteiger partial charge is 0.100 e. The lowest BCUT2D eigenvalue weighted by atomic mass is 9.79. The Morgan fingerprint density at radius 1 is 1.09 bits per heavy atom. The summed E-state index contributed by atoms with van der Waals surface area (Å²) in [5.41, 5.74) is 9.46. The van der Waals surface area contributed by atoms with E-state index in [-0.39, 0.29) is 0 Å². The third kappa shape index (κ3) is 6.20. The first-order valence-corrected chi connectivity index (χ1v) is 13.7. The standard InChI is InChI=1S/C32H44N2/c1-5-11-30-31(29-17-10-13-25(4)22-29)32(28-15-7-6-8-16-28)33-34(30)23-27-20-18-26(19-21-27)14-9-12-24(2)3/h6-8,15-17,22,26-27H,2,5,9-14,18-21,23H2,1,3-4H3. The third-order valence-corrected chi connectivity index (χ3v) is 7.80. The highest BCUT2D eigenvalue weighted by Crippen LogP contribution is 2.38. The van der Waals surface area contributed by atoms with Crippen molar-refractivity contribution in [1.29, 1.82) is 0 Å². The first kappa shape index (κ1) is 24.8. The minimum Gasteiger partial charge on any atom is -0.268 e. The highest BCUT2D eigenvalue weighted by molar-refractivity contribution is 5.86. The van der Waals surface area contributed by atoms with E-state index in [1.807, 2.05) is 0 Å². The van der Waals surface area contributed by atoms with Crippen molar-refractivity contribution in [3.05, 3.63) is 71.5 Å². The lowest BCUT2D eigenvalue weighted by molar-refractivity contribution is 0.233. The summed E-state index contributed by atoms with van der Waals surface area (Å²) in [5, 5.41) is 5.32. The first-order chi connectivity index (χ1) is 16.5. The summed E-state index contributed by atoms with van der Waals surface area (Å²) < 4.78 is 2.41. The van der Waals surface area contributed by atoms with Gasteiger partial charge in [-0.25, -0.2) is 0 Å². The molecule has 4 rings (SSSR count). The maximum absolute atomic E-state index is 5.32. The maximum Gasteiger partial charge on any atom is 0.100 e. The molecule has 0 unspecified atom stereocenters. The van der Waals surface area contributed by atoms with Crippen LogP contribution in [-0.2, 0) is 13.0 Å². The van der Waals surface area contributed by atoms with Gasteiger partial charge in [0, 0.05) is 23.4 Å². The third-order valence-electron chi connectivity index (χ3n) is 7.80. The van der Waals surface area contributed by atoms with Gasteiger partial charge in [0.1, 0.15) is 5.69 Å². The van der Waals surface area contributed by atoms with Gasteiger partial charge in [-0.15, -0.1) is 6.58 Å². The Morgan fingerprint density at radius 2 is 1.82 bits per heavy atom. The van der Waals surface area contributed by atoms with E-state index in [2.05, 4.69) is 74.5 Å². The fourth-order valence-corrected chi connectivity index (χ4v) is 5.91. The number of nitrogens with zero attached hydrogens (tertiary/aromatic N) is 2. The molecule has 0 radical (unpaired) electrons. The normalized spacial score (nSPS) is 20.7. The lowest BCUT2D eigenvalue weighted by Crippen LogP contribution is -2.21. The molecule has 2 aliphatic rings. The van der Waals surface area contributed by atoms with Crippen molar-refractivity contribution < 1.29 is 0 Å². The Hall–Kier alpha value is -2.35. The average Bonchev–Trinajstić information content (AvgIpc) is 3.19. The van der Waals surface area contributed by atoms with E-state index in [9.17, 15) is 0 Å². The van der Waals surface area contributed by atoms with Crippen molar-refractivity contribution in [1.82, 2.24) is 9.78 Å². The molecule has 2 aliphatic carbocycles. The molecule has 0 aliphatic heterocycles. The molecule has 2 nitrogen and oxygen atoms in total. The monoisotopic (exact) mass is 456 g/mol. The SMILES string of the molecule is C=C(C)CCCC1CCC(Cn2nc(-c3ccccc3)c(C3=CCCC(C)=C3)c2CCC)CC1. The lowest BCUT2D eigenvalue weighted by Gasteiger charge is -2.29. The summed E-state index contributed by atoms with van der Waals surface area (Å²) in [4.78, 5) is 0. The van der Waals surface area contributed by atoms with Gasteiger partial charge in [0.2, 0.25) is 0 Å². The molecular weight excluding hydrogens is 412 g/mol. The maximum atomic E-state index is 5.32. The van der Waals surface area contributed by atoms with Crippen LogP contribution in [0, 0.1) is 11.8 Å². The van der Waals surface area contributed by atoms with Crippen LogP contribution < -0.4 is 0 Å². The molecular formula is C32H44N2. The molecule has 0 saturated heterocycles. The van der Waals surface area contributed by atoms with Crippen LogP contribution in [0.5, 0.6) is 0 Å². The molecule has 182 valence electrons. The molecule has 1 saturated carbocycles. The zero-order valence-corrected chi connectivity index (χ0v) is 21.8. The minimum absolute atomic E-state index is 0.752. The van der Waals surface area contributed by atoms with Crippen LogP contribution in [0.25, 0.3) is 16.8 Å². The molecule has 1 fully saturated rings. The zero-order valence-electron chi connectivity index (χ0n) is 21.8. The molecule has 0 atom stereocenters. The summed E-state index contributed by atoms with van der Waals surface area (Å²) in [6.45, 7) is 11.9. The van der Waals surface area contributed by atoms with E-state index >= 15 is 0 Å². The Bertz CT molecular complexity index is 1010. The second-order valence-corrected chi connectivity index (χ2v) is 10.9. The molecule has 0 amide bonds. The van der Waals surface area contributed by atoms with Crippen LogP contribution in [0.3, 0.4) is 0 Å². The van der Waals surface area contributed by atoms with Crippen molar-refractivity contribution in [3.8, 4) is 11.3 Å². The van der Waals surface area contributed by atoms with Gasteiger partial charge < -0.3 is 0 Å². The van der Waals surface area contributed by atoms with Gasteiger partial charge in [0.25, 0.3) is 0 Å². The van der Waals surface area contributed by atoms with Gasteiger partial charge in [0.05, 0.1) is 0 Å². The molecule has 2 heteroatoms. The quantitative estimate of drug-likeness (QED) is 0.326. The van der Waals surface area contributed by atoms with Crippen LogP contribution in [0.4, 0.5) is 0 Å². The summed E-state index contributed by atoms with van der Waals surface area (Å²) in [5.74, 6) is 1.67. The van der Waals surface area contributed by atoms with E-state index in [0.717, 1.165) is 37.6 Å². The minimum atomic E-state index is 0.752. The van der Waals surface area contributed by atoms with Gasteiger partial charge in [-0.05, 0) is 76.2 Å². The van der Waals surface area contributed by atoms with Crippen molar-refractivity contribution in [3.63, 3.8) is 0 Å². The Morgan fingerprint density at radius 3 is 2.50 bits per heavy atom. The predicted octanol–water partition coefficient (Wildman–Crippen LogP) is 9.18. The highest BCUT2D eigenvalue weighted by atomic mass is 15.3. The molecule has 0 spiro atoms. The topological polar surface area (TPSA) is 17.8 Å². The Balaban J connectivity index is 1.57. The summed E-state index contributed by atoms with van der Waals surface area (Å²) in [6.07, 6.45) is 18.8. The van der Waals surface area contributed by atoms with E-state index in [1.165, 1.54) is 90.6 Å². The molecule has 0 bridgehead atoms. The molecule has 1 heterocycles. The van der Waals surface area contributed by atoms with Gasteiger partial charge in [0.15, 0.2) is 0 Å². The first-order valence-electron chi connectivity index (χ1n) is 13.7. The highest BCUT2D eigenvalue weighted by Gasteiger charge is 2.26. The van der Waals surface area contributed by atoms with Gasteiger partial charge in [-0.3, -0.25) is 4.68 Å². The van der Waals surface area contributed by atoms with Crippen LogP contribution in [0.15, 0.2) is 60.2 Å². The molecule has 0 N–H and O–H groups in total. The fraction of sp³-hybridized carbons (Fsp3) is 0.531. The second kappa shape index (κ2) is 11.9. The van der Waals surface area contributed by atoms with Crippen LogP contribution >= 0.6 is 0 Å². The van der Waals surface area contributed by atoms with E-state index in [1.54, 1.807) is 0 Å². The molecule has 34 heavy (non-hydrogen) atoms. The molecule has 2 aromatic rings. The van der Waals surface area contributed by atoms with Crippen molar-refractivity contribution in [2.45, 2.75) is 97.9 Å². The number of hydrogen-bond donors (Lipinski definition) is 0. The van der Waals surface area contributed by atoms with Crippen LogP contribution in [-0.4, -0.2) is 9.78 Å². The number of rotatable bonds is 10. The number of allylic oxidation sites excluding steroid dienone is 5. The number of benzene rings is 1. The van der Waals surface area contributed by atoms with Gasteiger partial charge in [-0.2, -0.15) is 5.10 Å². The van der Waals surface area contributed by atoms with Crippen LogP contribution in [0.1, 0.15) is 96.2 Å². The van der Waals surface area contributed by atoms with Gasteiger partial charge >= 0.3 is 0 Å². The number of hydrogen-bond acceptors (Lipinski definition) is 1. The summed E-state index contributed by atoms with van der Waals surface area (Å²) >= 11 is 0. The summed E-state index contributed by atoms with van der Waals surface area (Å²) in [7, 11) is 0. The van der Waals surface area contributed by atoms with Crippen molar-refractivity contribution in [2.75, 3.05) is 0 Å². The fourth-order valence-electron chi connectivity index (χ4n) is 5.91. The van der Waals surface area contributed by atoms with E-state index in [4.69, 9.17) is 5.10 Å². The predicted molar refractivity (Wildman–Crippen MR) is 147 cm³/mol. The Kier molecular flexibility index (Phi) is 8.64. The van der Waals surface area contributed by atoms with Crippen molar-refractivity contribution >= 4 is 5.57 Å². The Labute approximate surface area is 207 Å². The van der Waals surface area contributed by atoms with E-state index in [0.29, 0.717) is 0 Å². The average molecular weight is 457 g/mol. The molecule has 1 aromatic carbocycles. The van der Waals surface area contributed by atoms with Crippen LogP contribution in [0.2, 0.25) is 0 Å². The van der Waals surface area contributed by atoms with Gasteiger partial charge in [-0.1, -0.05) is 86.2 Å². The van der Waals surface area contributed by atoms with Crippen molar-refractivity contribution in [2.24, 2.45) is 11.8 Å². The second-order valence-electron chi connectivity index (χ2n) is 10.9. The summed E-state index contributed by atoms with van der Waals surface area (Å²) in [6, 6.07) is 10.8. The van der Waals surface area contributed by atoms with E-state index < -0.39 is 0 Å². The largest absolute Gasteiger partial charge is 0.268 e.